The number of hydrogen-bond acceptors (Lipinski definition) is 5. The minimum atomic E-state index is -0.674. The fourth-order valence-corrected chi connectivity index (χ4v) is 3.70. The second-order valence-corrected chi connectivity index (χ2v) is 7.22. The van der Waals surface area contributed by atoms with Gasteiger partial charge in [-0.25, -0.2) is 0 Å². The van der Waals surface area contributed by atoms with Crippen LogP contribution in [0.25, 0.3) is 0 Å². The normalized spacial score (nSPS) is 22.2. The molecule has 2 aliphatic heterocycles. The number of aliphatic carboxylic acids is 1. The number of nitrogens with zero attached hydrogens (tertiary/aromatic N) is 2. The van der Waals surface area contributed by atoms with Gasteiger partial charge in [0.25, 0.3) is 0 Å². The molecule has 2 saturated heterocycles. The van der Waals surface area contributed by atoms with Crippen molar-refractivity contribution in [2.24, 2.45) is 5.92 Å². The predicted molar refractivity (Wildman–Crippen MR) is 99.4 cm³/mol. The van der Waals surface area contributed by atoms with Crippen molar-refractivity contribution in [3.8, 4) is 5.75 Å². The zero-order chi connectivity index (χ0) is 18.2. The second kappa shape index (κ2) is 9.90. The van der Waals surface area contributed by atoms with Gasteiger partial charge in [0.1, 0.15) is 5.75 Å². The fraction of sp³-hybridized carbons (Fsp3) is 0.650. The van der Waals surface area contributed by atoms with E-state index in [0.29, 0.717) is 13.2 Å². The largest absolute Gasteiger partial charge is 0.494 e. The highest BCUT2D eigenvalue weighted by Gasteiger charge is 2.25. The maximum absolute atomic E-state index is 11.2. The van der Waals surface area contributed by atoms with Gasteiger partial charge in [-0.15, -0.1) is 0 Å². The quantitative estimate of drug-likeness (QED) is 0.715. The number of rotatable bonds is 8. The van der Waals surface area contributed by atoms with E-state index in [9.17, 15) is 9.90 Å². The molecule has 2 aliphatic rings. The Kier molecular flexibility index (Phi) is 7.29. The number of morpholine rings is 1. The smallest absolute Gasteiger partial charge is 0.307 e. The van der Waals surface area contributed by atoms with Crippen molar-refractivity contribution in [1.82, 2.24) is 9.80 Å². The summed E-state index contributed by atoms with van der Waals surface area (Å²) in [5.74, 6) is -0.00769. The molecule has 0 spiro atoms. The SMILES string of the molecule is O=C(O)[C@H]1CCCN(Cc2cccc(OCCCN3CCOCC3)c2)C1. The van der Waals surface area contributed by atoms with Gasteiger partial charge in [0.05, 0.1) is 25.7 Å². The second-order valence-electron chi connectivity index (χ2n) is 7.22. The van der Waals surface area contributed by atoms with Crippen LogP contribution in [0.5, 0.6) is 5.75 Å². The highest BCUT2D eigenvalue weighted by atomic mass is 16.5. The van der Waals surface area contributed by atoms with Gasteiger partial charge in [0, 0.05) is 32.7 Å². The summed E-state index contributed by atoms with van der Waals surface area (Å²) in [6.45, 7) is 7.86. The molecular formula is C20H30N2O4. The van der Waals surface area contributed by atoms with Crippen molar-refractivity contribution in [3.63, 3.8) is 0 Å². The Hall–Kier alpha value is -1.63. The maximum atomic E-state index is 11.2. The summed E-state index contributed by atoms with van der Waals surface area (Å²) < 4.78 is 11.3. The van der Waals surface area contributed by atoms with E-state index in [1.54, 1.807) is 0 Å². The monoisotopic (exact) mass is 362 g/mol. The van der Waals surface area contributed by atoms with Gasteiger partial charge >= 0.3 is 5.97 Å². The Morgan fingerprint density at radius 1 is 1.23 bits per heavy atom. The minimum absolute atomic E-state index is 0.233. The van der Waals surface area contributed by atoms with Crippen molar-refractivity contribution in [3.05, 3.63) is 29.8 Å². The number of benzene rings is 1. The average molecular weight is 362 g/mol. The zero-order valence-corrected chi connectivity index (χ0v) is 15.4. The van der Waals surface area contributed by atoms with Gasteiger partial charge in [-0.1, -0.05) is 12.1 Å². The predicted octanol–water partition coefficient (Wildman–Crippen LogP) is 2.08. The highest BCUT2D eigenvalue weighted by Crippen LogP contribution is 2.21. The number of piperidine rings is 1. The van der Waals surface area contributed by atoms with E-state index in [1.165, 1.54) is 5.56 Å². The van der Waals surface area contributed by atoms with E-state index in [-0.39, 0.29) is 5.92 Å². The van der Waals surface area contributed by atoms with Gasteiger partial charge in [0.2, 0.25) is 0 Å². The fourth-order valence-electron chi connectivity index (χ4n) is 3.70. The number of ether oxygens (including phenoxy) is 2. The molecule has 2 heterocycles. The van der Waals surface area contributed by atoms with Gasteiger partial charge in [-0.05, 0) is 43.5 Å². The van der Waals surface area contributed by atoms with Crippen LogP contribution >= 0.6 is 0 Å². The first-order chi connectivity index (χ1) is 12.7. The Bertz CT molecular complexity index is 575. The summed E-state index contributed by atoms with van der Waals surface area (Å²) in [4.78, 5) is 15.9. The first kappa shape index (κ1) is 19.1. The third-order valence-electron chi connectivity index (χ3n) is 5.15. The summed E-state index contributed by atoms with van der Waals surface area (Å²) in [5.41, 5.74) is 1.18. The zero-order valence-electron chi connectivity index (χ0n) is 15.4. The first-order valence-corrected chi connectivity index (χ1v) is 9.68. The van der Waals surface area contributed by atoms with Crippen LogP contribution in [-0.4, -0.2) is 73.4 Å². The van der Waals surface area contributed by atoms with Crippen molar-refractivity contribution in [1.29, 1.82) is 0 Å². The average Bonchev–Trinajstić information content (AvgIpc) is 2.67. The molecule has 0 amide bonds. The Morgan fingerprint density at radius 3 is 2.88 bits per heavy atom. The van der Waals surface area contributed by atoms with Crippen molar-refractivity contribution in [2.75, 3.05) is 52.5 Å². The standard InChI is InChI=1S/C20H30N2O4/c23-20(24)18-5-2-7-22(16-18)15-17-4-1-6-19(14-17)26-11-3-8-21-9-12-25-13-10-21/h1,4,6,14,18H,2-3,5,7-13,15-16H2,(H,23,24)/t18-/m0/s1. The van der Waals surface area contributed by atoms with E-state index >= 15 is 0 Å². The molecule has 3 rings (SSSR count). The Balaban J connectivity index is 1.41. The number of hydrogen-bond donors (Lipinski definition) is 1. The maximum Gasteiger partial charge on any atom is 0.307 e. The lowest BCUT2D eigenvalue weighted by Crippen LogP contribution is -2.38. The molecule has 0 aliphatic carbocycles. The molecule has 0 aromatic heterocycles. The summed E-state index contributed by atoms with van der Waals surface area (Å²) in [6, 6.07) is 8.18. The van der Waals surface area contributed by atoms with Gasteiger partial charge in [-0.2, -0.15) is 0 Å². The third kappa shape index (κ3) is 5.97. The van der Waals surface area contributed by atoms with Crippen LogP contribution in [-0.2, 0) is 16.1 Å². The molecule has 1 aromatic rings. The van der Waals surface area contributed by atoms with Crippen LogP contribution in [0.4, 0.5) is 0 Å². The molecule has 0 unspecified atom stereocenters. The molecule has 6 nitrogen and oxygen atoms in total. The van der Waals surface area contributed by atoms with Crippen LogP contribution in [0.3, 0.4) is 0 Å². The molecule has 144 valence electrons. The van der Waals surface area contributed by atoms with Gasteiger partial charge in [-0.3, -0.25) is 14.6 Å². The molecule has 0 bridgehead atoms. The van der Waals surface area contributed by atoms with Crippen LogP contribution in [0, 0.1) is 5.92 Å². The number of carboxylic acids is 1. The molecule has 0 saturated carbocycles. The molecule has 2 fully saturated rings. The molecule has 1 N–H and O–H groups in total. The summed E-state index contributed by atoms with van der Waals surface area (Å²) in [5, 5.41) is 9.22. The number of carbonyl (C=O) groups is 1. The lowest BCUT2D eigenvalue weighted by atomic mass is 9.98. The van der Waals surface area contributed by atoms with E-state index in [2.05, 4.69) is 21.9 Å². The number of carboxylic acid groups (broad SMARTS) is 1. The third-order valence-corrected chi connectivity index (χ3v) is 5.15. The van der Waals surface area contributed by atoms with E-state index in [1.807, 2.05) is 12.1 Å². The topological polar surface area (TPSA) is 62.2 Å². The minimum Gasteiger partial charge on any atom is -0.494 e. The van der Waals surface area contributed by atoms with E-state index < -0.39 is 5.97 Å². The van der Waals surface area contributed by atoms with Crippen molar-refractivity contribution in [2.45, 2.75) is 25.8 Å². The molecule has 6 heteroatoms. The lowest BCUT2D eigenvalue weighted by molar-refractivity contribution is -0.143. The Morgan fingerprint density at radius 2 is 2.08 bits per heavy atom. The van der Waals surface area contributed by atoms with Crippen molar-refractivity contribution < 1.29 is 19.4 Å². The summed E-state index contributed by atoms with van der Waals surface area (Å²) >= 11 is 0. The van der Waals surface area contributed by atoms with Crippen LogP contribution in [0.2, 0.25) is 0 Å². The molecule has 0 radical (unpaired) electrons. The van der Waals surface area contributed by atoms with Crippen molar-refractivity contribution >= 4 is 5.97 Å². The van der Waals surface area contributed by atoms with E-state index in [4.69, 9.17) is 9.47 Å². The number of likely N-dealkylation sites (tertiary alicyclic amines) is 1. The first-order valence-electron chi connectivity index (χ1n) is 9.68. The summed E-state index contributed by atoms with van der Waals surface area (Å²) in [7, 11) is 0. The molecule has 1 aromatic carbocycles. The lowest BCUT2D eigenvalue weighted by Gasteiger charge is -2.30. The molecule has 1 atom stereocenters. The molecular weight excluding hydrogens is 332 g/mol. The highest BCUT2D eigenvalue weighted by molar-refractivity contribution is 5.70. The Labute approximate surface area is 155 Å². The van der Waals surface area contributed by atoms with Crippen LogP contribution < -0.4 is 4.74 Å². The van der Waals surface area contributed by atoms with Gasteiger partial charge < -0.3 is 14.6 Å². The van der Waals surface area contributed by atoms with Crippen LogP contribution in [0.15, 0.2) is 24.3 Å². The van der Waals surface area contributed by atoms with Crippen LogP contribution in [0.1, 0.15) is 24.8 Å². The summed E-state index contributed by atoms with van der Waals surface area (Å²) in [6.07, 6.45) is 2.75. The van der Waals surface area contributed by atoms with Gasteiger partial charge in [0.15, 0.2) is 0 Å². The molecule has 26 heavy (non-hydrogen) atoms. The van der Waals surface area contributed by atoms with E-state index in [0.717, 1.165) is 70.9 Å².